The lowest BCUT2D eigenvalue weighted by molar-refractivity contribution is -0.122. The maximum atomic E-state index is 12.7. The molecule has 0 fully saturated rings. The maximum Gasteiger partial charge on any atom is 0.359 e. The van der Waals surface area contributed by atoms with Crippen molar-refractivity contribution in [1.82, 2.24) is 9.97 Å². The van der Waals surface area contributed by atoms with Crippen LogP contribution in [0.4, 0.5) is 11.4 Å². The van der Waals surface area contributed by atoms with E-state index in [4.69, 9.17) is 4.74 Å². The molecule has 0 spiro atoms. The molecule has 26 heavy (non-hydrogen) atoms. The number of amides is 2. The number of aromatic nitrogens is 2. The SMILES string of the molecule is Cc1cnc(C(=O)OCC(=O)N2c3ccccc3NC(=O)C[C@H]2C)cn1. The first-order valence-electron chi connectivity index (χ1n) is 8.12. The van der Waals surface area contributed by atoms with Gasteiger partial charge in [-0.2, -0.15) is 0 Å². The van der Waals surface area contributed by atoms with Crippen LogP contribution in [0.25, 0.3) is 0 Å². The zero-order valence-corrected chi connectivity index (χ0v) is 14.4. The van der Waals surface area contributed by atoms with Crippen molar-refractivity contribution in [1.29, 1.82) is 0 Å². The van der Waals surface area contributed by atoms with Crippen LogP contribution in [0.1, 0.15) is 29.5 Å². The second-order valence-electron chi connectivity index (χ2n) is 6.00. The van der Waals surface area contributed by atoms with Crippen molar-refractivity contribution in [2.75, 3.05) is 16.8 Å². The van der Waals surface area contributed by atoms with Crippen LogP contribution in [0.3, 0.4) is 0 Å². The molecule has 0 radical (unpaired) electrons. The molecule has 0 aliphatic carbocycles. The predicted octanol–water partition coefficient (Wildman–Crippen LogP) is 1.71. The van der Waals surface area contributed by atoms with E-state index in [0.717, 1.165) is 0 Å². The summed E-state index contributed by atoms with van der Waals surface area (Å²) >= 11 is 0. The van der Waals surface area contributed by atoms with Crippen molar-refractivity contribution in [3.63, 3.8) is 0 Å². The summed E-state index contributed by atoms with van der Waals surface area (Å²) in [5.41, 5.74) is 1.82. The summed E-state index contributed by atoms with van der Waals surface area (Å²) < 4.78 is 5.08. The first-order valence-corrected chi connectivity index (χ1v) is 8.12. The van der Waals surface area contributed by atoms with Gasteiger partial charge in [-0.15, -0.1) is 0 Å². The molecule has 2 heterocycles. The number of carbonyl (C=O) groups excluding carboxylic acids is 3. The Hall–Kier alpha value is -3.29. The van der Waals surface area contributed by atoms with E-state index in [1.54, 1.807) is 38.1 Å². The standard InChI is InChI=1S/C18H18N4O4/c1-11-8-20-14(9-19-11)18(25)26-10-17(24)22-12(2)7-16(23)21-13-5-3-4-6-15(13)22/h3-6,8-9,12H,7,10H2,1-2H3,(H,21,23)/t12-/m1/s1. The number of nitrogens with zero attached hydrogens (tertiary/aromatic N) is 3. The molecule has 1 atom stereocenters. The Morgan fingerprint density at radius 2 is 2.04 bits per heavy atom. The molecule has 3 rings (SSSR count). The highest BCUT2D eigenvalue weighted by Crippen LogP contribution is 2.31. The number of ether oxygens (including phenoxy) is 1. The fourth-order valence-corrected chi connectivity index (χ4v) is 2.74. The van der Waals surface area contributed by atoms with Gasteiger partial charge < -0.3 is 15.0 Å². The Balaban J connectivity index is 1.75. The molecule has 1 N–H and O–H groups in total. The van der Waals surface area contributed by atoms with Crippen molar-refractivity contribution in [2.45, 2.75) is 26.3 Å². The Morgan fingerprint density at radius 1 is 1.27 bits per heavy atom. The molecule has 8 nitrogen and oxygen atoms in total. The first kappa shape index (κ1) is 17.5. The van der Waals surface area contributed by atoms with E-state index in [9.17, 15) is 14.4 Å². The van der Waals surface area contributed by atoms with Gasteiger partial charge in [0.05, 0.1) is 23.3 Å². The van der Waals surface area contributed by atoms with Gasteiger partial charge in [0.15, 0.2) is 12.3 Å². The third kappa shape index (κ3) is 3.69. The number of para-hydroxylation sites is 2. The fraction of sp³-hybridized carbons (Fsp3) is 0.278. The average molecular weight is 354 g/mol. The molecular weight excluding hydrogens is 336 g/mol. The second kappa shape index (κ2) is 7.30. The average Bonchev–Trinajstić information content (AvgIpc) is 2.74. The van der Waals surface area contributed by atoms with Crippen LogP contribution in [0.5, 0.6) is 0 Å². The van der Waals surface area contributed by atoms with E-state index >= 15 is 0 Å². The van der Waals surface area contributed by atoms with Crippen LogP contribution in [-0.2, 0) is 14.3 Å². The number of aryl methyl sites for hydroxylation is 1. The third-order valence-corrected chi connectivity index (χ3v) is 3.94. The van der Waals surface area contributed by atoms with Crippen molar-refractivity contribution in [3.05, 3.63) is 48.0 Å². The monoisotopic (exact) mass is 354 g/mol. The van der Waals surface area contributed by atoms with Crippen molar-refractivity contribution >= 4 is 29.2 Å². The summed E-state index contributed by atoms with van der Waals surface area (Å²) in [5, 5.41) is 2.77. The molecule has 0 saturated carbocycles. The summed E-state index contributed by atoms with van der Waals surface area (Å²) in [7, 11) is 0. The molecule has 1 aromatic heterocycles. The van der Waals surface area contributed by atoms with Crippen LogP contribution in [0.15, 0.2) is 36.7 Å². The number of nitrogens with one attached hydrogen (secondary N) is 1. The smallest absolute Gasteiger partial charge is 0.359 e. The molecule has 134 valence electrons. The molecule has 0 unspecified atom stereocenters. The number of hydrogen-bond acceptors (Lipinski definition) is 6. The van der Waals surface area contributed by atoms with E-state index in [1.165, 1.54) is 17.3 Å². The van der Waals surface area contributed by atoms with Gasteiger partial charge in [0.2, 0.25) is 5.91 Å². The minimum absolute atomic E-state index is 0.0320. The summed E-state index contributed by atoms with van der Waals surface area (Å²) in [6.07, 6.45) is 2.90. The maximum absolute atomic E-state index is 12.7. The topological polar surface area (TPSA) is 101 Å². The number of fused-ring (bicyclic) bond motifs is 1. The Morgan fingerprint density at radius 3 is 2.77 bits per heavy atom. The van der Waals surface area contributed by atoms with Gasteiger partial charge in [0, 0.05) is 18.7 Å². The van der Waals surface area contributed by atoms with Gasteiger partial charge in [-0.25, -0.2) is 9.78 Å². The number of benzene rings is 1. The number of anilines is 2. The first-order chi connectivity index (χ1) is 12.5. The Kier molecular flexibility index (Phi) is 4.92. The highest BCUT2D eigenvalue weighted by Gasteiger charge is 2.30. The van der Waals surface area contributed by atoms with E-state index in [-0.39, 0.29) is 24.1 Å². The van der Waals surface area contributed by atoms with Crippen molar-refractivity contribution in [2.24, 2.45) is 0 Å². The highest BCUT2D eigenvalue weighted by molar-refractivity contribution is 6.05. The summed E-state index contributed by atoms with van der Waals surface area (Å²) in [6.45, 7) is 3.06. The molecule has 2 amide bonds. The molecule has 8 heteroatoms. The number of rotatable bonds is 3. The zero-order valence-electron chi connectivity index (χ0n) is 14.4. The van der Waals surface area contributed by atoms with Crippen LogP contribution in [0.2, 0.25) is 0 Å². The molecule has 1 aliphatic rings. The molecule has 1 aliphatic heterocycles. The Bertz CT molecular complexity index is 851. The van der Waals surface area contributed by atoms with Gasteiger partial charge in [-0.3, -0.25) is 14.6 Å². The van der Waals surface area contributed by atoms with E-state index in [0.29, 0.717) is 17.1 Å². The van der Waals surface area contributed by atoms with Gasteiger partial charge >= 0.3 is 5.97 Å². The Labute approximate surface area is 150 Å². The summed E-state index contributed by atoms with van der Waals surface area (Å²) in [4.78, 5) is 46.1. The zero-order chi connectivity index (χ0) is 18.7. The second-order valence-corrected chi connectivity index (χ2v) is 6.00. The molecule has 0 bridgehead atoms. The van der Waals surface area contributed by atoms with Gasteiger partial charge in [-0.1, -0.05) is 12.1 Å². The lowest BCUT2D eigenvalue weighted by atomic mass is 10.1. The van der Waals surface area contributed by atoms with E-state index in [1.807, 2.05) is 0 Å². The molecular formula is C18H18N4O4. The van der Waals surface area contributed by atoms with Crippen LogP contribution < -0.4 is 10.2 Å². The van der Waals surface area contributed by atoms with Crippen LogP contribution in [-0.4, -0.2) is 40.4 Å². The number of carbonyl (C=O) groups is 3. The number of esters is 1. The van der Waals surface area contributed by atoms with Gasteiger partial charge in [0.1, 0.15) is 0 Å². The summed E-state index contributed by atoms with van der Waals surface area (Å²) in [5.74, 6) is -1.32. The fourth-order valence-electron chi connectivity index (χ4n) is 2.74. The number of hydrogen-bond donors (Lipinski definition) is 1. The molecule has 0 saturated heterocycles. The highest BCUT2D eigenvalue weighted by atomic mass is 16.5. The third-order valence-electron chi connectivity index (χ3n) is 3.94. The lowest BCUT2D eigenvalue weighted by Gasteiger charge is -2.27. The van der Waals surface area contributed by atoms with E-state index < -0.39 is 18.5 Å². The van der Waals surface area contributed by atoms with E-state index in [2.05, 4.69) is 15.3 Å². The predicted molar refractivity (Wildman–Crippen MR) is 93.7 cm³/mol. The minimum Gasteiger partial charge on any atom is -0.451 e. The van der Waals surface area contributed by atoms with Crippen molar-refractivity contribution < 1.29 is 19.1 Å². The normalized spacial score (nSPS) is 16.3. The van der Waals surface area contributed by atoms with Gasteiger partial charge in [-0.05, 0) is 26.0 Å². The summed E-state index contributed by atoms with van der Waals surface area (Å²) in [6, 6.07) is 6.64. The molecule has 1 aromatic carbocycles. The lowest BCUT2D eigenvalue weighted by Crippen LogP contribution is -2.41. The van der Waals surface area contributed by atoms with Gasteiger partial charge in [0.25, 0.3) is 5.91 Å². The van der Waals surface area contributed by atoms with Crippen LogP contribution in [0, 0.1) is 6.92 Å². The largest absolute Gasteiger partial charge is 0.451 e. The quantitative estimate of drug-likeness (QED) is 0.842. The van der Waals surface area contributed by atoms with Crippen LogP contribution >= 0.6 is 0 Å². The minimum atomic E-state index is -0.726. The molecule has 2 aromatic rings. The van der Waals surface area contributed by atoms with Crippen molar-refractivity contribution in [3.8, 4) is 0 Å².